The zero-order valence-electron chi connectivity index (χ0n) is 11.1. The van der Waals surface area contributed by atoms with Crippen molar-refractivity contribution in [3.8, 4) is 0 Å². The molecule has 7 N–H and O–H groups in total. The monoisotopic (exact) mass is 317 g/mol. The Hall–Kier alpha value is -2.05. The minimum atomic E-state index is -1.97. The molecule has 122 valence electrons. The third-order valence-corrected chi connectivity index (χ3v) is 3.35. The topological polar surface area (TPSA) is 188 Å². The van der Waals surface area contributed by atoms with E-state index in [-0.39, 0.29) is 0 Å². The Morgan fingerprint density at radius 3 is 2.55 bits per heavy atom. The summed E-state index contributed by atoms with van der Waals surface area (Å²) in [6.07, 6.45) is -6.75. The van der Waals surface area contributed by atoms with Crippen LogP contribution in [-0.2, 0) is 9.53 Å². The number of aromatic amines is 1. The lowest BCUT2D eigenvalue weighted by Crippen LogP contribution is -2.40. The largest absolute Gasteiger partial charge is 0.394 e. The lowest BCUT2D eigenvalue weighted by atomic mass is 10.1. The predicted octanol–water partition coefficient (Wildman–Crippen LogP) is -4.33. The fourth-order valence-corrected chi connectivity index (χ4v) is 2.15. The van der Waals surface area contributed by atoms with E-state index in [2.05, 4.69) is 0 Å². The molecule has 11 nitrogen and oxygen atoms in total. The van der Waals surface area contributed by atoms with Crippen molar-refractivity contribution in [3.63, 3.8) is 0 Å². The maximum Gasteiger partial charge on any atom is 0.330 e. The van der Waals surface area contributed by atoms with E-state index >= 15 is 0 Å². The van der Waals surface area contributed by atoms with Crippen molar-refractivity contribution in [3.05, 3.63) is 32.6 Å². The number of aliphatic hydroxyl groups excluding tert-OH is 4. The molecule has 2 rings (SSSR count). The number of nitrogens with two attached hydrogens (primary N) is 1. The summed E-state index contributed by atoms with van der Waals surface area (Å²) < 4.78 is 5.82. The van der Waals surface area contributed by atoms with E-state index in [1.807, 2.05) is 4.98 Å². The van der Waals surface area contributed by atoms with Gasteiger partial charge in [-0.05, 0) is 0 Å². The van der Waals surface area contributed by atoms with Gasteiger partial charge in [-0.1, -0.05) is 0 Å². The number of carbonyl (C=O) groups excluding carboxylic acids is 1. The Kier molecular flexibility index (Phi) is 4.44. The quantitative estimate of drug-likeness (QED) is 0.321. The van der Waals surface area contributed by atoms with Crippen LogP contribution >= 0.6 is 0 Å². The average molecular weight is 317 g/mol. The average Bonchev–Trinajstić information content (AvgIpc) is 2.74. The van der Waals surface area contributed by atoms with Crippen LogP contribution in [0.1, 0.15) is 17.9 Å². The van der Waals surface area contributed by atoms with Crippen LogP contribution in [0.2, 0.25) is 0 Å². The molecule has 0 aromatic carbocycles. The molecule has 0 radical (unpaired) electrons. The summed E-state index contributed by atoms with van der Waals surface area (Å²) in [7, 11) is 0. The maximum absolute atomic E-state index is 11.8. The highest BCUT2D eigenvalue weighted by Crippen LogP contribution is 2.28. The van der Waals surface area contributed by atoms with Crippen molar-refractivity contribution in [2.45, 2.75) is 30.6 Å². The van der Waals surface area contributed by atoms with Gasteiger partial charge in [0.2, 0.25) is 0 Å². The summed E-state index contributed by atoms with van der Waals surface area (Å²) in [5.41, 5.74) is 2.34. The highest BCUT2D eigenvalue weighted by Gasteiger charge is 2.44. The number of hydrogen-bond acceptors (Lipinski definition) is 8. The summed E-state index contributed by atoms with van der Waals surface area (Å²) in [6, 6.07) is 0. The van der Waals surface area contributed by atoms with Gasteiger partial charge in [0.1, 0.15) is 18.3 Å². The van der Waals surface area contributed by atoms with Crippen LogP contribution in [0.4, 0.5) is 0 Å². The van der Waals surface area contributed by atoms with Crippen LogP contribution in [0, 0.1) is 0 Å². The predicted molar refractivity (Wildman–Crippen MR) is 68.5 cm³/mol. The van der Waals surface area contributed by atoms with Crippen LogP contribution in [0.25, 0.3) is 0 Å². The van der Waals surface area contributed by atoms with Crippen molar-refractivity contribution in [1.29, 1.82) is 0 Å². The summed E-state index contributed by atoms with van der Waals surface area (Å²) in [5, 5.41) is 38.1. The molecule has 1 unspecified atom stereocenters. The molecule has 11 heteroatoms. The number of aromatic nitrogens is 2. The van der Waals surface area contributed by atoms with Crippen molar-refractivity contribution in [2.75, 3.05) is 6.61 Å². The molecule has 1 saturated heterocycles. The number of primary amides is 1. The summed E-state index contributed by atoms with van der Waals surface area (Å²) in [4.78, 5) is 36.2. The standard InChI is InChI=1S/C11H15N3O8/c12-8(19)5(16)3-1-14(11(21)13-9(3)20)10-7(18)6(17)4(2-15)22-10/h1,4-7,10,15-18H,2H2,(H2,12,19)(H,13,20,21)/t4-,5?,6+,7+,10-/m1/s1. The van der Waals surface area contributed by atoms with E-state index in [1.54, 1.807) is 0 Å². The van der Waals surface area contributed by atoms with E-state index in [1.165, 1.54) is 0 Å². The second kappa shape index (κ2) is 5.98. The molecule has 1 aliphatic rings. The van der Waals surface area contributed by atoms with Crippen LogP contribution in [0.15, 0.2) is 15.8 Å². The van der Waals surface area contributed by atoms with Crippen LogP contribution in [0.3, 0.4) is 0 Å². The van der Waals surface area contributed by atoms with Crippen LogP contribution < -0.4 is 17.0 Å². The van der Waals surface area contributed by atoms with E-state index in [4.69, 9.17) is 15.6 Å². The molecule has 2 heterocycles. The first-order valence-corrected chi connectivity index (χ1v) is 6.23. The summed E-state index contributed by atoms with van der Waals surface area (Å²) >= 11 is 0. The summed E-state index contributed by atoms with van der Waals surface area (Å²) in [5.74, 6) is -1.21. The molecule has 1 amide bonds. The van der Waals surface area contributed by atoms with Gasteiger partial charge in [0.25, 0.3) is 11.5 Å². The van der Waals surface area contributed by atoms with Gasteiger partial charge in [-0.25, -0.2) is 4.79 Å². The highest BCUT2D eigenvalue weighted by molar-refractivity contribution is 5.79. The number of nitrogens with one attached hydrogen (secondary N) is 1. The van der Waals surface area contributed by atoms with Gasteiger partial charge in [0.05, 0.1) is 12.2 Å². The van der Waals surface area contributed by atoms with E-state index in [0.29, 0.717) is 4.57 Å². The lowest BCUT2D eigenvalue weighted by Gasteiger charge is -2.18. The maximum atomic E-state index is 11.8. The van der Waals surface area contributed by atoms with Gasteiger partial charge in [0.15, 0.2) is 12.3 Å². The second-order valence-corrected chi connectivity index (χ2v) is 4.78. The van der Waals surface area contributed by atoms with Crippen molar-refractivity contribution < 1.29 is 30.0 Å². The van der Waals surface area contributed by atoms with Crippen molar-refractivity contribution >= 4 is 5.91 Å². The van der Waals surface area contributed by atoms with Gasteiger partial charge >= 0.3 is 5.69 Å². The van der Waals surface area contributed by atoms with Gasteiger partial charge in [-0.3, -0.25) is 19.1 Å². The molecule has 1 aliphatic heterocycles. The molecule has 0 spiro atoms. The highest BCUT2D eigenvalue weighted by atomic mass is 16.6. The van der Waals surface area contributed by atoms with Gasteiger partial charge in [-0.2, -0.15) is 0 Å². The lowest BCUT2D eigenvalue weighted by molar-refractivity contribution is -0.126. The molecule has 1 fully saturated rings. The molecule has 1 aromatic rings. The van der Waals surface area contributed by atoms with Crippen molar-refractivity contribution in [2.24, 2.45) is 5.73 Å². The van der Waals surface area contributed by atoms with Gasteiger partial charge in [0, 0.05) is 6.20 Å². The third kappa shape index (κ3) is 2.67. The Balaban J connectivity index is 2.48. The van der Waals surface area contributed by atoms with Gasteiger partial charge in [-0.15, -0.1) is 0 Å². The Labute approximate surface area is 122 Å². The van der Waals surface area contributed by atoms with E-state index in [9.17, 15) is 29.7 Å². The number of rotatable bonds is 4. The van der Waals surface area contributed by atoms with E-state index in [0.717, 1.165) is 6.20 Å². The minimum Gasteiger partial charge on any atom is -0.394 e. The fraction of sp³-hybridized carbons (Fsp3) is 0.545. The molecule has 5 atom stereocenters. The number of H-pyrrole nitrogens is 1. The van der Waals surface area contributed by atoms with Gasteiger partial charge < -0.3 is 30.9 Å². The molecule has 1 aromatic heterocycles. The smallest absolute Gasteiger partial charge is 0.330 e. The minimum absolute atomic E-state index is 0.523. The van der Waals surface area contributed by atoms with Crippen LogP contribution in [0.5, 0.6) is 0 Å². The number of aliphatic hydroxyl groups is 4. The fourth-order valence-electron chi connectivity index (χ4n) is 2.15. The third-order valence-electron chi connectivity index (χ3n) is 3.35. The number of ether oxygens (including phenoxy) is 1. The van der Waals surface area contributed by atoms with E-state index < -0.39 is 60.0 Å². The number of amides is 1. The Bertz CT molecular complexity index is 683. The summed E-state index contributed by atoms with van der Waals surface area (Å²) in [6.45, 7) is -0.608. The number of nitrogens with zero attached hydrogens (tertiary/aromatic N) is 1. The number of carbonyl (C=O) groups is 1. The number of hydrogen-bond donors (Lipinski definition) is 6. The zero-order chi connectivity index (χ0) is 16.6. The first kappa shape index (κ1) is 16.3. The first-order valence-electron chi connectivity index (χ1n) is 6.23. The molecular weight excluding hydrogens is 302 g/mol. The normalized spacial score (nSPS) is 29.5. The second-order valence-electron chi connectivity index (χ2n) is 4.78. The molecular formula is C11H15N3O8. The molecule has 22 heavy (non-hydrogen) atoms. The first-order chi connectivity index (χ1) is 10.3. The Morgan fingerprint density at radius 2 is 2.05 bits per heavy atom. The SMILES string of the molecule is NC(=O)C(O)c1cn([C@@H]2O[C@H](CO)[C@H](O)[C@@H]2O)c(=O)[nH]c1=O. The molecule has 0 aliphatic carbocycles. The van der Waals surface area contributed by atoms with Crippen molar-refractivity contribution in [1.82, 2.24) is 9.55 Å². The molecule has 0 bridgehead atoms. The Morgan fingerprint density at radius 1 is 1.41 bits per heavy atom. The molecule has 0 saturated carbocycles. The van der Waals surface area contributed by atoms with Crippen LogP contribution in [-0.4, -0.2) is 60.8 Å². The zero-order valence-corrected chi connectivity index (χ0v) is 11.1.